The van der Waals surface area contributed by atoms with E-state index in [0.29, 0.717) is 41.4 Å². The highest BCUT2D eigenvalue weighted by atomic mass is 35.5. The van der Waals surface area contributed by atoms with Crippen LogP contribution in [0.3, 0.4) is 0 Å². The Morgan fingerprint density at radius 2 is 2.20 bits per heavy atom. The lowest BCUT2D eigenvalue weighted by Gasteiger charge is -2.25. The molecule has 0 aliphatic carbocycles. The molecule has 0 unspecified atom stereocenters. The monoisotopic (exact) mass is 292 g/mol. The number of carbonyl (C=O) groups is 1. The Balaban J connectivity index is 1.91. The van der Waals surface area contributed by atoms with Crippen LogP contribution in [-0.4, -0.2) is 40.4 Å². The maximum absolute atomic E-state index is 12.0. The van der Waals surface area contributed by atoms with Crippen molar-refractivity contribution >= 4 is 28.4 Å². The van der Waals surface area contributed by atoms with E-state index >= 15 is 0 Å². The molecule has 0 spiro atoms. The Morgan fingerprint density at radius 1 is 1.35 bits per heavy atom. The molecule has 2 aromatic rings. The molecule has 2 heterocycles. The number of hydrogen-bond donors (Lipinski definition) is 2. The first-order valence-corrected chi connectivity index (χ1v) is 6.67. The summed E-state index contributed by atoms with van der Waals surface area (Å²) in [5.41, 5.74) is 0.392. The van der Waals surface area contributed by atoms with Crippen LogP contribution in [0, 0.1) is 0 Å². The summed E-state index contributed by atoms with van der Waals surface area (Å²) in [7, 11) is 0. The molecule has 104 valence electrons. The second-order valence-electron chi connectivity index (χ2n) is 4.73. The van der Waals surface area contributed by atoms with Crippen molar-refractivity contribution in [2.24, 2.45) is 0 Å². The number of halogens is 1. The van der Waals surface area contributed by atoms with Gasteiger partial charge >= 0.3 is 0 Å². The molecule has 0 bridgehead atoms. The maximum atomic E-state index is 12.0. The van der Waals surface area contributed by atoms with Gasteiger partial charge in [0.05, 0.1) is 24.0 Å². The van der Waals surface area contributed by atoms with Gasteiger partial charge < -0.3 is 10.3 Å². The van der Waals surface area contributed by atoms with E-state index < -0.39 is 0 Å². The molecular weight excluding hydrogens is 280 g/mol. The number of fused-ring (bicyclic) bond motifs is 1. The summed E-state index contributed by atoms with van der Waals surface area (Å²) in [5.74, 6) is 0.547. The third-order valence-corrected chi connectivity index (χ3v) is 3.44. The third-order valence-electron chi connectivity index (χ3n) is 3.21. The zero-order chi connectivity index (χ0) is 14.1. The van der Waals surface area contributed by atoms with E-state index in [-0.39, 0.29) is 11.5 Å². The molecule has 1 aliphatic rings. The number of amides is 1. The third kappa shape index (κ3) is 2.66. The number of nitrogens with zero attached hydrogens (tertiary/aromatic N) is 2. The van der Waals surface area contributed by atoms with Gasteiger partial charge in [0.1, 0.15) is 5.82 Å². The molecule has 7 heteroatoms. The SMILES string of the molecule is O=C1CN(Cc2nc3ccc(Cl)cc3c(=O)[nH]2)CCN1. The van der Waals surface area contributed by atoms with Crippen molar-refractivity contribution in [2.45, 2.75) is 6.54 Å². The zero-order valence-corrected chi connectivity index (χ0v) is 11.4. The topological polar surface area (TPSA) is 78.1 Å². The number of aromatic nitrogens is 2. The van der Waals surface area contributed by atoms with Crippen molar-refractivity contribution in [3.8, 4) is 0 Å². The molecule has 1 fully saturated rings. The van der Waals surface area contributed by atoms with Gasteiger partial charge in [0.25, 0.3) is 5.56 Å². The van der Waals surface area contributed by atoms with Gasteiger partial charge in [-0.25, -0.2) is 4.98 Å². The van der Waals surface area contributed by atoms with Gasteiger partial charge in [-0.3, -0.25) is 14.5 Å². The number of carbonyl (C=O) groups excluding carboxylic acids is 1. The van der Waals surface area contributed by atoms with Gasteiger partial charge in [-0.05, 0) is 18.2 Å². The Bertz CT molecular complexity index is 728. The minimum Gasteiger partial charge on any atom is -0.354 e. The van der Waals surface area contributed by atoms with Crippen molar-refractivity contribution < 1.29 is 4.79 Å². The van der Waals surface area contributed by atoms with Gasteiger partial charge in [0.15, 0.2) is 0 Å². The van der Waals surface area contributed by atoms with Crippen LogP contribution in [0.5, 0.6) is 0 Å². The Kier molecular flexibility index (Phi) is 3.42. The number of aromatic amines is 1. The van der Waals surface area contributed by atoms with Crippen LogP contribution in [0.4, 0.5) is 0 Å². The van der Waals surface area contributed by atoms with E-state index in [9.17, 15) is 9.59 Å². The highest BCUT2D eigenvalue weighted by Crippen LogP contribution is 2.14. The fraction of sp³-hybridized carbons (Fsp3) is 0.308. The Morgan fingerprint density at radius 3 is 3.00 bits per heavy atom. The van der Waals surface area contributed by atoms with Crippen LogP contribution >= 0.6 is 11.6 Å². The van der Waals surface area contributed by atoms with E-state index in [1.54, 1.807) is 18.2 Å². The molecule has 1 aliphatic heterocycles. The fourth-order valence-corrected chi connectivity index (χ4v) is 2.44. The number of nitrogens with one attached hydrogen (secondary N) is 2. The molecular formula is C13H13ClN4O2. The van der Waals surface area contributed by atoms with Crippen molar-refractivity contribution in [3.63, 3.8) is 0 Å². The minimum atomic E-state index is -0.214. The average molecular weight is 293 g/mol. The smallest absolute Gasteiger partial charge is 0.258 e. The van der Waals surface area contributed by atoms with E-state index in [0.717, 1.165) is 6.54 Å². The molecule has 1 amide bonds. The number of H-pyrrole nitrogens is 1. The maximum Gasteiger partial charge on any atom is 0.258 e. The minimum absolute atomic E-state index is 0.00818. The zero-order valence-electron chi connectivity index (χ0n) is 10.6. The molecule has 20 heavy (non-hydrogen) atoms. The van der Waals surface area contributed by atoms with Crippen molar-refractivity contribution in [1.29, 1.82) is 0 Å². The number of hydrogen-bond acceptors (Lipinski definition) is 4. The molecule has 1 aromatic carbocycles. The lowest BCUT2D eigenvalue weighted by molar-refractivity contribution is -0.124. The van der Waals surface area contributed by atoms with Crippen LogP contribution < -0.4 is 10.9 Å². The summed E-state index contributed by atoms with van der Waals surface area (Å²) in [6, 6.07) is 5.02. The quantitative estimate of drug-likeness (QED) is 0.845. The summed E-state index contributed by atoms with van der Waals surface area (Å²) in [5, 5.41) is 3.73. The predicted molar refractivity (Wildman–Crippen MR) is 75.7 cm³/mol. The first kappa shape index (κ1) is 13.1. The first-order chi connectivity index (χ1) is 9.61. The molecule has 0 saturated carbocycles. The van der Waals surface area contributed by atoms with Gasteiger partial charge in [-0.15, -0.1) is 0 Å². The number of rotatable bonds is 2. The Hall–Kier alpha value is -1.92. The molecule has 0 atom stereocenters. The summed E-state index contributed by atoms with van der Waals surface area (Å²) < 4.78 is 0. The molecule has 1 saturated heterocycles. The molecule has 3 rings (SSSR count). The van der Waals surface area contributed by atoms with Crippen molar-refractivity contribution in [2.75, 3.05) is 19.6 Å². The highest BCUT2D eigenvalue weighted by molar-refractivity contribution is 6.31. The molecule has 1 aromatic heterocycles. The van der Waals surface area contributed by atoms with Crippen LogP contribution in [-0.2, 0) is 11.3 Å². The van der Waals surface area contributed by atoms with Gasteiger partial charge in [-0.1, -0.05) is 11.6 Å². The van der Waals surface area contributed by atoms with E-state index in [1.165, 1.54) is 0 Å². The molecule has 6 nitrogen and oxygen atoms in total. The lowest BCUT2D eigenvalue weighted by atomic mass is 10.2. The van der Waals surface area contributed by atoms with Crippen molar-refractivity contribution in [3.05, 3.63) is 39.4 Å². The fourth-order valence-electron chi connectivity index (χ4n) is 2.27. The van der Waals surface area contributed by atoms with Crippen LogP contribution in [0.15, 0.2) is 23.0 Å². The van der Waals surface area contributed by atoms with Crippen LogP contribution in [0.2, 0.25) is 5.02 Å². The van der Waals surface area contributed by atoms with Crippen molar-refractivity contribution in [1.82, 2.24) is 20.2 Å². The standard InChI is InChI=1S/C13H13ClN4O2/c14-8-1-2-10-9(5-8)13(20)17-11(16-10)6-18-4-3-15-12(19)7-18/h1-2,5H,3-4,6-7H2,(H,15,19)(H,16,17,20). The number of benzene rings is 1. The molecule has 2 N–H and O–H groups in total. The largest absolute Gasteiger partial charge is 0.354 e. The lowest BCUT2D eigenvalue weighted by Crippen LogP contribution is -2.47. The predicted octanol–water partition coefficient (Wildman–Crippen LogP) is 0.508. The van der Waals surface area contributed by atoms with Crippen LogP contribution in [0.1, 0.15) is 5.82 Å². The summed E-state index contributed by atoms with van der Waals surface area (Å²) in [6.45, 7) is 2.13. The van der Waals surface area contributed by atoms with Gasteiger partial charge in [0.2, 0.25) is 5.91 Å². The highest BCUT2D eigenvalue weighted by Gasteiger charge is 2.17. The second-order valence-corrected chi connectivity index (χ2v) is 5.17. The van der Waals surface area contributed by atoms with E-state index in [2.05, 4.69) is 15.3 Å². The first-order valence-electron chi connectivity index (χ1n) is 6.29. The van der Waals surface area contributed by atoms with Gasteiger partial charge in [-0.2, -0.15) is 0 Å². The molecule has 0 radical (unpaired) electrons. The van der Waals surface area contributed by atoms with Gasteiger partial charge in [0, 0.05) is 18.1 Å². The van der Waals surface area contributed by atoms with E-state index in [1.807, 2.05) is 4.90 Å². The second kappa shape index (κ2) is 5.22. The van der Waals surface area contributed by atoms with E-state index in [4.69, 9.17) is 11.6 Å². The normalized spacial score (nSPS) is 16.4. The number of piperazine rings is 1. The summed E-state index contributed by atoms with van der Waals surface area (Å²) in [6.07, 6.45) is 0. The van der Waals surface area contributed by atoms with Crippen LogP contribution in [0.25, 0.3) is 10.9 Å². The summed E-state index contributed by atoms with van der Waals surface area (Å²) >= 11 is 5.87. The Labute approximate surface area is 119 Å². The average Bonchev–Trinajstić information content (AvgIpc) is 2.40. The summed E-state index contributed by atoms with van der Waals surface area (Å²) in [4.78, 5) is 32.4.